The summed E-state index contributed by atoms with van der Waals surface area (Å²) < 4.78 is 51.8. The van der Waals surface area contributed by atoms with E-state index in [4.69, 9.17) is 10.2 Å². The number of aliphatic hydroxyl groups is 4. The number of aliphatic hydroxyl groups excluding tert-OH is 4. The minimum absolute atomic E-state index is 0.0104. The normalized spacial score (nSPS) is 12.7. The maximum absolute atomic E-state index is 13.0. The van der Waals surface area contributed by atoms with Gasteiger partial charge in [0.25, 0.3) is 0 Å². The Morgan fingerprint density at radius 2 is 0.824 bits per heavy atom. The second-order valence-corrected chi connectivity index (χ2v) is 8.50. The van der Waals surface area contributed by atoms with Crippen LogP contribution in [0.2, 0.25) is 0 Å². The smallest absolute Gasteiger partial charge is 0.126 e. The zero-order valence-corrected chi connectivity index (χ0v) is 19.4. The van der Waals surface area contributed by atoms with Crippen LogP contribution in [0.4, 0.5) is 17.6 Å². The van der Waals surface area contributed by atoms with Gasteiger partial charge in [0.15, 0.2) is 0 Å². The molecule has 0 unspecified atom stereocenters. The van der Waals surface area contributed by atoms with Crippen LogP contribution >= 0.6 is 0 Å². The van der Waals surface area contributed by atoms with Crippen LogP contribution in [0.25, 0.3) is 0 Å². The van der Waals surface area contributed by atoms with E-state index in [0.717, 1.165) is 37.8 Å². The van der Waals surface area contributed by atoms with Gasteiger partial charge in [0.2, 0.25) is 0 Å². The van der Waals surface area contributed by atoms with Crippen molar-refractivity contribution in [2.24, 2.45) is 11.8 Å². The summed E-state index contributed by atoms with van der Waals surface area (Å²) in [4.78, 5) is 0. The van der Waals surface area contributed by atoms with Crippen LogP contribution in [-0.4, -0.2) is 46.9 Å². The van der Waals surface area contributed by atoms with E-state index < -0.39 is 23.3 Å². The van der Waals surface area contributed by atoms with Gasteiger partial charge in [-0.15, -0.1) is 0 Å². The first kappa shape index (κ1) is 30.0. The Bertz CT molecular complexity index is 711. The molecule has 0 bridgehead atoms. The van der Waals surface area contributed by atoms with Crippen molar-refractivity contribution in [2.75, 3.05) is 26.4 Å². The summed E-state index contributed by atoms with van der Waals surface area (Å²) in [6.07, 6.45) is 5.39. The predicted molar refractivity (Wildman–Crippen MR) is 123 cm³/mol. The van der Waals surface area contributed by atoms with Crippen molar-refractivity contribution in [1.82, 2.24) is 0 Å². The molecule has 2 atom stereocenters. The Balaban J connectivity index is 0.000000340. The Labute approximate surface area is 198 Å². The molecule has 0 spiro atoms. The molecule has 0 aliphatic rings. The first-order chi connectivity index (χ1) is 16.3. The summed E-state index contributed by atoms with van der Waals surface area (Å²) >= 11 is 0. The first-order valence-electron chi connectivity index (χ1n) is 11.6. The summed E-state index contributed by atoms with van der Waals surface area (Å²) in [6.45, 7) is 0.243. The highest BCUT2D eigenvalue weighted by Crippen LogP contribution is 2.18. The average molecular weight is 489 g/mol. The van der Waals surface area contributed by atoms with Crippen LogP contribution in [0, 0.1) is 35.1 Å². The van der Waals surface area contributed by atoms with E-state index in [1.165, 1.54) is 24.3 Å². The molecule has 0 radical (unpaired) electrons. The molecule has 2 aromatic rings. The van der Waals surface area contributed by atoms with Crippen LogP contribution in [0.3, 0.4) is 0 Å². The largest absolute Gasteiger partial charge is 0.396 e. The molecule has 2 rings (SSSR count). The van der Waals surface area contributed by atoms with E-state index >= 15 is 0 Å². The average Bonchev–Trinajstić information content (AvgIpc) is 2.77. The lowest BCUT2D eigenvalue weighted by molar-refractivity contribution is 0.208. The predicted octanol–water partition coefficient (Wildman–Crippen LogP) is 4.56. The maximum Gasteiger partial charge on any atom is 0.126 e. The molecule has 34 heavy (non-hydrogen) atoms. The topological polar surface area (TPSA) is 80.9 Å². The van der Waals surface area contributed by atoms with Crippen LogP contribution in [0.1, 0.15) is 49.7 Å². The van der Waals surface area contributed by atoms with Gasteiger partial charge in [0.05, 0.1) is 0 Å². The molecular formula is C26H36F4O4. The molecule has 0 heterocycles. The van der Waals surface area contributed by atoms with Gasteiger partial charge in [-0.25, -0.2) is 17.6 Å². The Morgan fingerprint density at radius 1 is 0.500 bits per heavy atom. The van der Waals surface area contributed by atoms with E-state index in [2.05, 4.69) is 0 Å². The molecule has 4 nitrogen and oxygen atoms in total. The lowest BCUT2D eigenvalue weighted by atomic mass is 9.95. The van der Waals surface area contributed by atoms with Crippen molar-refractivity contribution >= 4 is 0 Å². The fourth-order valence-corrected chi connectivity index (χ4v) is 3.73. The standard InChI is InChI=1S/2C13H18F2O2/c2*14-12-6-11(7-13(15)8-12)5-10(9-17)3-1-2-4-16/h2*6-8,10,16-17H,1-5,9H2/t2*10-/m10/s1. The maximum atomic E-state index is 13.0. The minimum Gasteiger partial charge on any atom is -0.396 e. The zero-order chi connectivity index (χ0) is 25.3. The number of halogens is 4. The number of hydrogen-bond donors (Lipinski definition) is 4. The van der Waals surface area contributed by atoms with Crippen LogP contribution in [-0.2, 0) is 12.8 Å². The van der Waals surface area contributed by atoms with Crippen molar-refractivity contribution in [3.05, 3.63) is 70.8 Å². The Hall–Kier alpha value is -2.00. The van der Waals surface area contributed by atoms with Crippen molar-refractivity contribution in [2.45, 2.75) is 51.4 Å². The summed E-state index contributed by atoms with van der Waals surface area (Å²) in [7, 11) is 0. The number of hydrogen-bond acceptors (Lipinski definition) is 4. The molecule has 0 amide bonds. The van der Waals surface area contributed by atoms with Crippen LogP contribution in [0.5, 0.6) is 0 Å². The van der Waals surface area contributed by atoms with Gasteiger partial charge in [0.1, 0.15) is 23.3 Å². The molecule has 0 aromatic heterocycles. The second kappa shape index (κ2) is 17.4. The van der Waals surface area contributed by atoms with E-state index in [1.807, 2.05) is 0 Å². The molecule has 0 saturated heterocycles. The molecule has 0 aliphatic heterocycles. The molecule has 192 valence electrons. The van der Waals surface area contributed by atoms with Crippen molar-refractivity contribution in [3.63, 3.8) is 0 Å². The van der Waals surface area contributed by atoms with Crippen molar-refractivity contribution < 1.29 is 38.0 Å². The van der Waals surface area contributed by atoms with Gasteiger partial charge < -0.3 is 20.4 Å². The Morgan fingerprint density at radius 3 is 1.09 bits per heavy atom. The molecule has 8 heteroatoms. The van der Waals surface area contributed by atoms with Gasteiger partial charge >= 0.3 is 0 Å². The number of unbranched alkanes of at least 4 members (excludes halogenated alkanes) is 2. The monoisotopic (exact) mass is 488 g/mol. The molecule has 0 saturated carbocycles. The third kappa shape index (κ3) is 13.0. The molecule has 0 aliphatic carbocycles. The second-order valence-electron chi connectivity index (χ2n) is 8.50. The van der Waals surface area contributed by atoms with E-state index in [0.29, 0.717) is 36.8 Å². The van der Waals surface area contributed by atoms with Gasteiger partial charge in [-0.05, 0) is 85.8 Å². The SMILES string of the molecule is OCCCC[C@@H](CO)Cc1cc(F)cc(F)c1.OCCCC[C@H](CO)Cc1cc(F)cc(F)c1. The third-order valence-corrected chi connectivity index (χ3v) is 5.45. The van der Waals surface area contributed by atoms with Gasteiger partial charge in [-0.1, -0.05) is 12.8 Å². The number of rotatable bonds is 14. The fraction of sp³-hybridized carbons (Fsp3) is 0.538. The quantitative estimate of drug-likeness (QED) is 0.232. The molecule has 2 aromatic carbocycles. The highest BCUT2D eigenvalue weighted by atomic mass is 19.1. The van der Waals surface area contributed by atoms with Gasteiger partial charge in [0, 0.05) is 38.6 Å². The lowest BCUT2D eigenvalue weighted by Crippen LogP contribution is -2.10. The Kier molecular flexibility index (Phi) is 15.4. The van der Waals surface area contributed by atoms with Crippen LogP contribution in [0.15, 0.2) is 36.4 Å². The van der Waals surface area contributed by atoms with E-state index in [9.17, 15) is 27.8 Å². The highest BCUT2D eigenvalue weighted by Gasteiger charge is 2.11. The van der Waals surface area contributed by atoms with Crippen molar-refractivity contribution in [1.29, 1.82) is 0 Å². The van der Waals surface area contributed by atoms with Crippen molar-refractivity contribution in [3.8, 4) is 0 Å². The number of benzene rings is 2. The fourth-order valence-electron chi connectivity index (χ4n) is 3.73. The first-order valence-corrected chi connectivity index (χ1v) is 11.6. The zero-order valence-electron chi connectivity index (χ0n) is 19.4. The molecule has 0 fully saturated rings. The minimum atomic E-state index is -0.591. The van der Waals surface area contributed by atoms with E-state index in [-0.39, 0.29) is 38.3 Å². The molecular weight excluding hydrogens is 452 g/mol. The third-order valence-electron chi connectivity index (χ3n) is 5.45. The molecule has 4 N–H and O–H groups in total. The van der Waals surface area contributed by atoms with Gasteiger partial charge in [-0.2, -0.15) is 0 Å². The summed E-state index contributed by atoms with van der Waals surface area (Å²) in [5.41, 5.74) is 1.12. The lowest BCUT2D eigenvalue weighted by Gasteiger charge is -2.13. The van der Waals surface area contributed by atoms with E-state index in [1.54, 1.807) is 0 Å². The summed E-state index contributed by atoms with van der Waals surface area (Å²) in [5, 5.41) is 35.7. The van der Waals surface area contributed by atoms with Gasteiger partial charge in [-0.3, -0.25) is 0 Å². The summed E-state index contributed by atoms with van der Waals surface area (Å²) in [6, 6.07) is 6.83. The van der Waals surface area contributed by atoms with Crippen LogP contribution < -0.4 is 0 Å². The highest BCUT2D eigenvalue weighted by molar-refractivity contribution is 5.19. The summed E-state index contributed by atoms with van der Waals surface area (Å²) in [5.74, 6) is -2.39.